The number of ether oxygens (including phenoxy) is 1. The van der Waals surface area contributed by atoms with Crippen LogP contribution in [0, 0.1) is 6.92 Å². The number of carbonyl (C=O) groups excluding carboxylic acids is 1. The van der Waals surface area contributed by atoms with Crippen molar-refractivity contribution in [3.63, 3.8) is 0 Å². The predicted molar refractivity (Wildman–Crippen MR) is 52.1 cm³/mol. The lowest BCUT2D eigenvalue weighted by Gasteiger charge is -2.06. The SMILES string of the molecule is CCC(=O)Oc1ncc(C)nc1CC. The van der Waals surface area contributed by atoms with Crippen molar-refractivity contribution in [1.82, 2.24) is 9.97 Å². The number of aryl methyl sites for hydroxylation is 2. The van der Waals surface area contributed by atoms with E-state index in [0.717, 1.165) is 11.4 Å². The van der Waals surface area contributed by atoms with Gasteiger partial charge in [-0.05, 0) is 13.3 Å². The topological polar surface area (TPSA) is 52.1 Å². The molecule has 0 saturated heterocycles. The van der Waals surface area contributed by atoms with Gasteiger partial charge >= 0.3 is 5.97 Å². The normalized spacial score (nSPS) is 9.93. The number of nitrogens with zero attached hydrogens (tertiary/aromatic N) is 2. The zero-order valence-corrected chi connectivity index (χ0v) is 8.70. The molecule has 0 aliphatic heterocycles. The molecule has 0 aliphatic rings. The van der Waals surface area contributed by atoms with Crippen molar-refractivity contribution >= 4 is 5.97 Å². The minimum absolute atomic E-state index is 0.280. The van der Waals surface area contributed by atoms with Crippen LogP contribution in [-0.4, -0.2) is 15.9 Å². The number of rotatable bonds is 3. The van der Waals surface area contributed by atoms with Gasteiger partial charge < -0.3 is 4.74 Å². The zero-order valence-electron chi connectivity index (χ0n) is 8.70. The molecule has 0 atom stereocenters. The Hall–Kier alpha value is -1.45. The van der Waals surface area contributed by atoms with E-state index < -0.39 is 0 Å². The summed E-state index contributed by atoms with van der Waals surface area (Å²) in [6, 6.07) is 0. The highest BCUT2D eigenvalue weighted by Gasteiger charge is 2.09. The van der Waals surface area contributed by atoms with Gasteiger partial charge in [0, 0.05) is 6.42 Å². The Labute approximate surface area is 83.3 Å². The minimum Gasteiger partial charge on any atom is -0.405 e. The summed E-state index contributed by atoms with van der Waals surface area (Å²) in [5.74, 6) is 0.0582. The van der Waals surface area contributed by atoms with Gasteiger partial charge in [0.1, 0.15) is 5.69 Å². The van der Waals surface area contributed by atoms with Crippen LogP contribution in [0.2, 0.25) is 0 Å². The van der Waals surface area contributed by atoms with E-state index in [9.17, 15) is 4.79 Å². The molecule has 0 radical (unpaired) electrons. The third-order valence-corrected chi connectivity index (χ3v) is 1.76. The molecule has 14 heavy (non-hydrogen) atoms. The molecule has 4 heteroatoms. The van der Waals surface area contributed by atoms with E-state index in [2.05, 4.69) is 9.97 Å². The Balaban J connectivity index is 2.90. The maximum absolute atomic E-state index is 11.0. The molecule has 1 aromatic heterocycles. The van der Waals surface area contributed by atoms with Gasteiger partial charge in [-0.25, -0.2) is 4.98 Å². The van der Waals surface area contributed by atoms with Gasteiger partial charge in [0.25, 0.3) is 0 Å². The first-order chi connectivity index (χ1) is 6.67. The summed E-state index contributed by atoms with van der Waals surface area (Å²) < 4.78 is 5.03. The second-order valence-electron chi connectivity index (χ2n) is 2.94. The summed E-state index contributed by atoms with van der Waals surface area (Å²) in [4.78, 5) is 19.3. The number of carbonyl (C=O) groups is 1. The Morgan fingerprint density at radius 2 is 2.21 bits per heavy atom. The van der Waals surface area contributed by atoms with Crippen molar-refractivity contribution in [2.75, 3.05) is 0 Å². The highest BCUT2D eigenvalue weighted by atomic mass is 16.5. The maximum Gasteiger partial charge on any atom is 0.312 e. The molecule has 0 unspecified atom stereocenters. The predicted octanol–water partition coefficient (Wildman–Crippen LogP) is 1.66. The number of hydrogen-bond donors (Lipinski definition) is 0. The molecule has 1 rings (SSSR count). The minimum atomic E-state index is -0.280. The fraction of sp³-hybridized carbons (Fsp3) is 0.500. The van der Waals surface area contributed by atoms with Crippen molar-refractivity contribution < 1.29 is 9.53 Å². The second-order valence-corrected chi connectivity index (χ2v) is 2.94. The molecule has 1 aromatic rings. The Morgan fingerprint density at radius 3 is 2.79 bits per heavy atom. The average Bonchev–Trinajstić information content (AvgIpc) is 2.20. The van der Waals surface area contributed by atoms with Crippen LogP contribution in [-0.2, 0) is 11.2 Å². The highest BCUT2D eigenvalue weighted by molar-refractivity contribution is 5.71. The summed E-state index contributed by atoms with van der Waals surface area (Å²) in [5, 5.41) is 0. The zero-order chi connectivity index (χ0) is 10.6. The van der Waals surface area contributed by atoms with Crippen molar-refractivity contribution in [3.8, 4) is 5.88 Å². The summed E-state index contributed by atoms with van der Waals surface area (Å²) >= 11 is 0. The molecular weight excluding hydrogens is 180 g/mol. The van der Waals surface area contributed by atoms with Gasteiger partial charge in [-0.2, -0.15) is 0 Å². The van der Waals surface area contributed by atoms with Gasteiger partial charge in [0.15, 0.2) is 0 Å². The largest absolute Gasteiger partial charge is 0.405 e. The van der Waals surface area contributed by atoms with Gasteiger partial charge in [-0.3, -0.25) is 9.78 Å². The monoisotopic (exact) mass is 194 g/mol. The molecule has 76 valence electrons. The van der Waals surface area contributed by atoms with E-state index >= 15 is 0 Å². The van der Waals surface area contributed by atoms with Crippen LogP contribution in [0.25, 0.3) is 0 Å². The van der Waals surface area contributed by atoms with Gasteiger partial charge in [-0.15, -0.1) is 0 Å². The summed E-state index contributed by atoms with van der Waals surface area (Å²) in [6.07, 6.45) is 2.65. The first-order valence-electron chi connectivity index (χ1n) is 4.70. The Morgan fingerprint density at radius 1 is 1.50 bits per heavy atom. The Kier molecular flexibility index (Phi) is 3.56. The summed E-state index contributed by atoms with van der Waals surface area (Å²) in [6.45, 7) is 5.56. The van der Waals surface area contributed by atoms with Crippen molar-refractivity contribution in [3.05, 3.63) is 17.6 Å². The number of hydrogen-bond acceptors (Lipinski definition) is 4. The van der Waals surface area contributed by atoms with E-state index in [0.29, 0.717) is 18.7 Å². The van der Waals surface area contributed by atoms with Gasteiger partial charge in [0.05, 0.1) is 11.9 Å². The van der Waals surface area contributed by atoms with Gasteiger partial charge in [0.2, 0.25) is 5.88 Å². The van der Waals surface area contributed by atoms with Crippen LogP contribution in [0.1, 0.15) is 31.7 Å². The van der Waals surface area contributed by atoms with E-state index in [4.69, 9.17) is 4.74 Å². The second kappa shape index (κ2) is 4.69. The molecule has 0 fully saturated rings. The average molecular weight is 194 g/mol. The molecule has 0 bridgehead atoms. The Bertz CT molecular complexity index is 337. The molecule has 4 nitrogen and oxygen atoms in total. The van der Waals surface area contributed by atoms with Gasteiger partial charge in [-0.1, -0.05) is 13.8 Å². The van der Waals surface area contributed by atoms with Crippen LogP contribution in [0.15, 0.2) is 6.20 Å². The molecule has 0 aliphatic carbocycles. The van der Waals surface area contributed by atoms with Crippen LogP contribution >= 0.6 is 0 Å². The lowest BCUT2D eigenvalue weighted by atomic mass is 10.3. The first kappa shape index (κ1) is 10.6. The van der Waals surface area contributed by atoms with Crippen LogP contribution < -0.4 is 4.74 Å². The number of aromatic nitrogens is 2. The highest BCUT2D eigenvalue weighted by Crippen LogP contribution is 2.13. The van der Waals surface area contributed by atoms with E-state index in [-0.39, 0.29) is 5.97 Å². The standard InChI is InChI=1S/C10H14N2O2/c1-4-8-10(14-9(13)5-2)11-6-7(3)12-8/h6H,4-5H2,1-3H3. The van der Waals surface area contributed by atoms with Crippen LogP contribution in [0.4, 0.5) is 0 Å². The molecule has 0 saturated carbocycles. The lowest BCUT2D eigenvalue weighted by molar-refractivity contribution is -0.134. The molecule has 1 heterocycles. The fourth-order valence-electron chi connectivity index (χ4n) is 1.01. The third kappa shape index (κ3) is 2.52. The van der Waals surface area contributed by atoms with Crippen molar-refractivity contribution in [1.29, 1.82) is 0 Å². The summed E-state index contributed by atoms with van der Waals surface area (Å²) in [5.41, 5.74) is 1.56. The van der Waals surface area contributed by atoms with Crippen LogP contribution in [0.5, 0.6) is 5.88 Å². The van der Waals surface area contributed by atoms with Crippen LogP contribution in [0.3, 0.4) is 0 Å². The molecule has 0 N–H and O–H groups in total. The maximum atomic E-state index is 11.0. The molecular formula is C10H14N2O2. The van der Waals surface area contributed by atoms with Crippen molar-refractivity contribution in [2.45, 2.75) is 33.6 Å². The summed E-state index contributed by atoms with van der Waals surface area (Å²) in [7, 11) is 0. The fourth-order valence-corrected chi connectivity index (χ4v) is 1.01. The van der Waals surface area contributed by atoms with Crippen molar-refractivity contribution in [2.24, 2.45) is 0 Å². The first-order valence-corrected chi connectivity index (χ1v) is 4.70. The van der Waals surface area contributed by atoms with E-state index in [1.165, 1.54) is 0 Å². The number of esters is 1. The molecule has 0 spiro atoms. The third-order valence-electron chi connectivity index (χ3n) is 1.76. The lowest BCUT2D eigenvalue weighted by Crippen LogP contribution is -2.10. The quantitative estimate of drug-likeness (QED) is 0.687. The van der Waals surface area contributed by atoms with E-state index in [1.54, 1.807) is 13.1 Å². The molecule has 0 amide bonds. The smallest absolute Gasteiger partial charge is 0.312 e. The molecule has 0 aromatic carbocycles. The van der Waals surface area contributed by atoms with E-state index in [1.807, 2.05) is 13.8 Å².